The monoisotopic (exact) mass is 229 g/mol. The zero-order valence-corrected chi connectivity index (χ0v) is 9.86. The maximum absolute atomic E-state index is 10.8. The molecule has 4 N–H and O–H groups in total. The predicted molar refractivity (Wildman–Crippen MR) is 62.8 cm³/mol. The van der Waals surface area contributed by atoms with Gasteiger partial charge in [-0.3, -0.25) is 4.79 Å². The summed E-state index contributed by atoms with van der Waals surface area (Å²) in [5.41, 5.74) is 10.5. The number of primary amides is 1. The Balaban J connectivity index is 2.05. The van der Waals surface area contributed by atoms with Crippen LogP contribution in [0.5, 0.6) is 0 Å². The highest BCUT2D eigenvalue weighted by Crippen LogP contribution is 2.19. The quantitative estimate of drug-likeness (QED) is 0.579. The van der Waals surface area contributed by atoms with E-state index in [2.05, 4.69) is 4.90 Å². The summed E-state index contributed by atoms with van der Waals surface area (Å²) in [6.45, 7) is 5.02. The topological polar surface area (TPSA) is 81.6 Å². The second kappa shape index (κ2) is 7.60. The van der Waals surface area contributed by atoms with Crippen LogP contribution in [0.4, 0.5) is 0 Å². The van der Waals surface area contributed by atoms with Crippen molar-refractivity contribution < 1.29 is 9.53 Å². The Morgan fingerprint density at radius 1 is 1.31 bits per heavy atom. The minimum Gasteiger partial charge on any atom is -0.379 e. The molecule has 0 aromatic carbocycles. The van der Waals surface area contributed by atoms with Gasteiger partial charge < -0.3 is 21.1 Å². The maximum Gasteiger partial charge on any atom is 0.217 e. The fraction of sp³-hybridized carbons (Fsp3) is 0.909. The van der Waals surface area contributed by atoms with Crippen LogP contribution >= 0.6 is 0 Å². The molecule has 1 aliphatic heterocycles. The lowest BCUT2D eigenvalue weighted by Crippen LogP contribution is -2.37. The van der Waals surface area contributed by atoms with Gasteiger partial charge in [-0.25, -0.2) is 0 Å². The highest BCUT2D eigenvalue weighted by Gasteiger charge is 2.20. The molecule has 0 aromatic rings. The molecule has 1 amide bonds. The molecule has 0 radical (unpaired) electrons. The number of hydrogen-bond acceptors (Lipinski definition) is 4. The van der Waals surface area contributed by atoms with Crippen molar-refractivity contribution in [2.45, 2.75) is 19.3 Å². The number of carbonyl (C=O) groups excluding carboxylic acids is 1. The van der Waals surface area contributed by atoms with Gasteiger partial charge in [0.05, 0.1) is 13.2 Å². The van der Waals surface area contributed by atoms with Gasteiger partial charge in [-0.05, 0) is 31.8 Å². The van der Waals surface area contributed by atoms with E-state index in [1.807, 2.05) is 0 Å². The summed E-state index contributed by atoms with van der Waals surface area (Å²) < 4.78 is 5.34. The van der Waals surface area contributed by atoms with Gasteiger partial charge in [0.2, 0.25) is 5.91 Å². The first kappa shape index (κ1) is 13.4. The molecule has 5 nitrogen and oxygen atoms in total. The Kier molecular flexibility index (Phi) is 6.37. The minimum absolute atomic E-state index is 0.176. The van der Waals surface area contributed by atoms with Crippen LogP contribution in [0, 0.1) is 5.92 Å². The normalized spacial score (nSPS) is 18.8. The largest absolute Gasteiger partial charge is 0.379 e. The molecule has 0 aromatic heterocycles. The first-order chi connectivity index (χ1) is 7.72. The van der Waals surface area contributed by atoms with E-state index in [4.69, 9.17) is 16.2 Å². The number of rotatable bonds is 7. The van der Waals surface area contributed by atoms with Gasteiger partial charge in [0.1, 0.15) is 0 Å². The third kappa shape index (κ3) is 5.44. The summed E-state index contributed by atoms with van der Waals surface area (Å²) in [7, 11) is 0. The Hall–Kier alpha value is -0.650. The summed E-state index contributed by atoms with van der Waals surface area (Å²) in [4.78, 5) is 13.1. The second-order valence-corrected chi connectivity index (χ2v) is 4.36. The molecule has 16 heavy (non-hydrogen) atoms. The van der Waals surface area contributed by atoms with Gasteiger partial charge >= 0.3 is 0 Å². The van der Waals surface area contributed by atoms with Crippen LogP contribution in [0.15, 0.2) is 0 Å². The molecule has 0 bridgehead atoms. The average molecular weight is 229 g/mol. The molecule has 94 valence electrons. The summed E-state index contributed by atoms with van der Waals surface area (Å²) in [5.74, 6) is 0.309. The summed E-state index contributed by atoms with van der Waals surface area (Å²) >= 11 is 0. The predicted octanol–water partition coefficient (Wildman–Crippen LogP) is -0.451. The Labute approximate surface area is 97.1 Å². The molecule has 0 atom stereocenters. The lowest BCUT2D eigenvalue weighted by Gasteiger charge is -2.31. The van der Waals surface area contributed by atoms with Gasteiger partial charge in [-0.15, -0.1) is 0 Å². The Bertz CT molecular complexity index is 203. The van der Waals surface area contributed by atoms with Crippen LogP contribution in [0.2, 0.25) is 0 Å². The van der Waals surface area contributed by atoms with Crippen LogP contribution in [0.3, 0.4) is 0 Å². The van der Waals surface area contributed by atoms with Crippen molar-refractivity contribution in [3.05, 3.63) is 0 Å². The zero-order chi connectivity index (χ0) is 11.8. The molecule has 5 heteroatoms. The van der Waals surface area contributed by atoms with Crippen molar-refractivity contribution in [1.29, 1.82) is 0 Å². The summed E-state index contributed by atoms with van der Waals surface area (Å²) in [6.07, 6.45) is 2.68. The summed E-state index contributed by atoms with van der Waals surface area (Å²) in [5, 5.41) is 0. The number of piperidine rings is 1. The molecule has 1 heterocycles. The minimum atomic E-state index is -0.176. The first-order valence-electron chi connectivity index (χ1n) is 6.01. The number of carbonyl (C=O) groups is 1. The van der Waals surface area contributed by atoms with Gasteiger partial charge in [-0.2, -0.15) is 0 Å². The molecule has 1 rings (SSSR count). The first-order valence-corrected chi connectivity index (χ1v) is 6.01. The van der Waals surface area contributed by atoms with E-state index in [1.165, 1.54) is 0 Å². The molecule has 1 saturated heterocycles. The fourth-order valence-electron chi connectivity index (χ4n) is 2.08. The highest BCUT2D eigenvalue weighted by molar-refractivity contribution is 5.73. The van der Waals surface area contributed by atoms with E-state index >= 15 is 0 Å². The van der Waals surface area contributed by atoms with Crippen molar-refractivity contribution in [2.75, 3.05) is 39.4 Å². The van der Waals surface area contributed by atoms with Gasteiger partial charge in [0, 0.05) is 19.5 Å². The highest BCUT2D eigenvalue weighted by atomic mass is 16.5. The fourth-order valence-corrected chi connectivity index (χ4v) is 2.08. The zero-order valence-electron chi connectivity index (χ0n) is 9.86. The molecule has 1 aliphatic rings. The third-order valence-corrected chi connectivity index (χ3v) is 3.01. The standard InChI is InChI=1S/C11H23N3O2/c12-3-7-16-8-6-14-4-1-10(2-5-14)9-11(13)15/h10H,1-9,12H2,(H2,13,15). The van der Waals surface area contributed by atoms with Crippen molar-refractivity contribution in [2.24, 2.45) is 17.4 Å². The third-order valence-electron chi connectivity index (χ3n) is 3.01. The molecule has 1 fully saturated rings. The van der Waals surface area contributed by atoms with Gasteiger partial charge in [-0.1, -0.05) is 0 Å². The number of amides is 1. The van der Waals surface area contributed by atoms with E-state index in [0.29, 0.717) is 25.5 Å². The number of nitrogens with zero attached hydrogens (tertiary/aromatic N) is 1. The van der Waals surface area contributed by atoms with Crippen molar-refractivity contribution >= 4 is 5.91 Å². The van der Waals surface area contributed by atoms with E-state index in [-0.39, 0.29) is 5.91 Å². The van der Waals surface area contributed by atoms with Gasteiger partial charge in [0.15, 0.2) is 0 Å². The van der Waals surface area contributed by atoms with Crippen LogP contribution in [0.25, 0.3) is 0 Å². The Morgan fingerprint density at radius 2 is 2.00 bits per heavy atom. The van der Waals surface area contributed by atoms with Crippen LogP contribution < -0.4 is 11.5 Å². The van der Waals surface area contributed by atoms with E-state index in [9.17, 15) is 4.79 Å². The molecule has 0 saturated carbocycles. The smallest absolute Gasteiger partial charge is 0.217 e. The van der Waals surface area contributed by atoms with Crippen molar-refractivity contribution in [3.8, 4) is 0 Å². The Morgan fingerprint density at radius 3 is 2.56 bits per heavy atom. The molecular weight excluding hydrogens is 206 g/mol. The van der Waals surface area contributed by atoms with Crippen molar-refractivity contribution in [3.63, 3.8) is 0 Å². The number of nitrogens with two attached hydrogens (primary N) is 2. The average Bonchev–Trinajstić information content (AvgIpc) is 2.26. The second-order valence-electron chi connectivity index (χ2n) is 4.36. The van der Waals surface area contributed by atoms with Crippen LogP contribution in [0.1, 0.15) is 19.3 Å². The van der Waals surface area contributed by atoms with Gasteiger partial charge in [0.25, 0.3) is 0 Å². The lowest BCUT2D eigenvalue weighted by atomic mass is 9.93. The van der Waals surface area contributed by atoms with Crippen molar-refractivity contribution in [1.82, 2.24) is 4.90 Å². The molecular formula is C11H23N3O2. The van der Waals surface area contributed by atoms with E-state index < -0.39 is 0 Å². The van der Waals surface area contributed by atoms with Crippen LogP contribution in [-0.2, 0) is 9.53 Å². The van der Waals surface area contributed by atoms with Crippen LogP contribution in [-0.4, -0.2) is 50.2 Å². The molecule has 0 unspecified atom stereocenters. The number of ether oxygens (including phenoxy) is 1. The number of likely N-dealkylation sites (tertiary alicyclic amines) is 1. The maximum atomic E-state index is 10.8. The summed E-state index contributed by atoms with van der Waals surface area (Å²) in [6, 6.07) is 0. The van der Waals surface area contributed by atoms with E-state index in [0.717, 1.165) is 39.1 Å². The van der Waals surface area contributed by atoms with E-state index in [1.54, 1.807) is 0 Å². The number of hydrogen-bond donors (Lipinski definition) is 2. The molecule has 0 aliphatic carbocycles. The SMILES string of the molecule is NCCOCCN1CCC(CC(N)=O)CC1. The molecule has 0 spiro atoms. The lowest BCUT2D eigenvalue weighted by molar-refractivity contribution is -0.119.